The molecule has 0 saturated carbocycles. The van der Waals surface area contributed by atoms with E-state index in [4.69, 9.17) is 10.5 Å². The Morgan fingerprint density at radius 2 is 2.29 bits per heavy atom. The van der Waals surface area contributed by atoms with Gasteiger partial charge in [-0.1, -0.05) is 13.3 Å². The van der Waals surface area contributed by atoms with Gasteiger partial charge < -0.3 is 10.5 Å². The Kier molecular flexibility index (Phi) is 4.85. The lowest BCUT2D eigenvalue weighted by molar-refractivity contribution is -0.0681. The number of hydrogen-bond acceptors (Lipinski definition) is 3. The van der Waals surface area contributed by atoms with Crippen molar-refractivity contribution in [3.63, 3.8) is 0 Å². The van der Waals surface area contributed by atoms with Crippen LogP contribution in [-0.2, 0) is 4.74 Å². The van der Waals surface area contributed by atoms with Crippen molar-refractivity contribution in [3.05, 3.63) is 0 Å². The quantitative estimate of drug-likeness (QED) is 0.741. The molecular formula is C11H24N2O. The van der Waals surface area contributed by atoms with Crippen LogP contribution < -0.4 is 5.73 Å². The number of morpholine rings is 1. The molecule has 14 heavy (non-hydrogen) atoms. The fraction of sp³-hybridized carbons (Fsp3) is 1.00. The number of rotatable bonds is 4. The van der Waals surface area contributed by atoms with Crippen LogP contribution in [0, 0.1) is 0 Å². The highest BCUT2D eigenvalue weighted by molar-refractivity contribution is 4.81. The molecular weight excluding hydrogens is 176 g/mol. The average Bonchev–Trinajstić information content (AvgIpc) is 2.19. The summed E-state index contributed by atoms with van der Waals surface area (Å²) >= 11 is 0. The first-order valence-electron chi connectivity index (χ1n) is 5.76. The molecule has 0 aromatic carbocycles. The number of hydrogen-bond donors (Lipinski definition) is 1. The molecule has 0 radical (unpaired) electrons. The third-order valence-electron chi connectivity index (χ3n) is 3.09. The van der Waals surface area contributed by atoms with E-state index in [1.807, 2.05) is 0 Å². The third-order valence-corrected chi connectivity index (χ3v) is 3.09. The maximum Gasteiger partial charge on any atom is 0.0824 e. The molecule has 84 valence electrons. The lowest BCUT2D eigenvalue weighted by Gasteiger charge is -2.41. The van der Waals surface area contributed by atoms with E-state index in [0.717, 1.165) is 13.2 Å². The summed E-state index contributed by atoms with van der Waals surface area (Å²) in [6.07, 6.45) is 2.76. The van der Waals surface area contributed by atoms with Crippen LogP contribution in [0.2, 0.25) is 0 Å². The summed E-state index contributed by atoms with van der Waals surface area (Å²) in [6, 6.07) is 1.20. The molecule has 1 aliphatic rings. The Bertz CT molecular complexity index is 163. The van der Waals surface area contributed by atoms with Crippen molar-refractivity contribution in [3.8, 4) is 0 Å². The van der Waals surface area contributed by atoms with E-state index in [9.17, 15) is 0 Å². The molecule has 3 heteroatoms. The maximum atomic E-state index is 5.63. The van der Waals surface area contributed by atoms with Crippen molar-refractivity contribution in [2.75, 3.05) is 19.7 Å². The topological polar surface area (TPSA) is 38.5 Å². The van der Waals surface area contributed by atoms with Crippen LogP contribution in [0.15, 0.2) is 0 Å². The molecule has 3 unspecified atom stereocenters. The van der Waals surface area contributed by atoms with Crippen LogP contribution in [0.25, 0.3) is 0 Å². The van der Waals surface area contributed by atoms with Crippen LogP contribution in [0.4, 0.5) is 0 Å². The largest absolute Gasteiger partial charge is 0.374 e. The lowest BCUT2D eigenvalue weighted by atomic mass is 10.1. The summed E-state index contributed by atoms with van der Waals surface area (Å²) in [4.78, 5) is 2.53. The minimum Gasteiger partial charge on any atom is -0.374 e. The van der Waals surface area contributed by atoms with E-state index in [2.05, 4.69) is 25.7 Å². The number of ether oxygens (including phenoxy) is 1. The van der Waals surface area contributed by atoms with Crippen molar-refractivity contribution >= 4 is 0 Å². The normalized spacial score (nSPS) is 31.7. The Morgan fingerprint density at radius 3 is 2.86 bits per heavy atom. The van der Waals surface area contributed by atoms with Crippen LogP contribution in [0.1, 0.15) is 33.6 Å². The second kappa shape index (κ2) is 5.69. The molecule has 0 aromatic heterocycles. The van der Waals surface area contributed by atoms with Crippen molar-refractivity contribution in [2.45, 2.75) is 51.8 Å². The summed E-state index contributed by atoms with van der Waals surface area (Å²) < 4.78 is 5.63. The molecule has 3 atom stereocenters. The minimum absolute atomic E-state index is 0.241. The van der Waals surface area contributed by atoms with Gasteiger partial charge in [-0.15, -0.1) is 0 Å². The van der Waals surface area contributed by atoms with Gasteiger partial charge in [-0.25, -0.2) is 0 Å². The molecule has 0 aliphatic carbocycles. The Hall–Kier alpha value is -0.120. The zero-order valence-electron chi connectivity index (χ0n) is 9.70. The van der Waals surface area contributed by atoms with Gasteiger partial charge in [0, 0.05) is 25.2 Å². The average molecular weight is 200 g/mol. The van der Waals surface area contributed by atoms with Crippen molar-refractivity contribution < 1.29 is 4.74 Å². The van der Waals surface area contributed by atoms with Gasteiger partial charge in [0.25, 0.3) is 0 Å². The van der Waals surface area contributed by atoms with E-state index in [1.54, 1.807) is 0 Å². The van der Waals surface area contributed by atoms with Crippen LogP contribution >= 0.6 is 0 Å². The summed E-state index contributed by atoms with van der Waals surface area (Å²) in [6.45, 7) is 9.25. The zero-order valence-corrected chi connectivity index (χ0v) is 9.70. The first-order valence-corrected chi connectivity index (χ1v) is 5.76. The SMILES string of the molecule is CCCC(C)N1CC(CN)OCC1C. The minimum atomic E-state index is 0.241. The molecule has 0 amide bonds. The predicted molar refractivity (Wildman–Crippen MR) is 59.3 cm³/mol. The summed E-state index contributed by atoms with van der Waals surface area (Å²) in [5, 5.41) is 0. The van der Waals surface area contributed by atoms with Gasteiger partial charge >= 0.3 is 0 Å². The Labute approximate surface area is 87.6 Å². The molecule has 0 spiro atoms. The van der Waals surface area contributed by atoms with E-state index in [0.29, 0.717) is 18.6 Å². The third kappa shape index (κ3) is 2.94. The molecule has 1 aliphatic heterocycles. The molecule has 2 N–H and O–H groups in total. The van der Waals surface area contributed by atoms with Crippen molar-refractivity contribution in [1.29, 1.82) is 0 Å². The second-order valence-corrected chi connectivity index (χ2v) is 4.37. The highest BCUT2D eigenvalue weighted by atomic mass is 16.5. The van der Waals surface area contributed by atoms with Gasteiger partial charge in [0.2, 0.25) is 0 Å². The standard InChI is InChI=1S/C11H24N2O/c1-4-5-9(2)13-7-11(6-12)14-8-10(13)3/h9-11H,4-8,12H2,1-3H3. The number of nitrogens with zero attached hydrogens (tertiary/aromatic N) is 1. The van der Waals surface area contributed by atoms with Gasteiger partial charge in [-0.05, 0) is 20.3 Å². The zero-order chi connectivity index (χ0) is 10.6. The van der Waals surface area contributed by atoms with Gasteiger partial charge in [0.05, 0.1) is 12.7 Å². The fourth-order valence-corrected chi connectivity index (χ4v) is 2.18. The van der Waals surface area contributed by atoms with Gasteiger partial charge in [0.1, 0.15) is 0 Å². The van der Waals surface area contributed by atoms with Crippen LogP contribution in [0.5, 0.6) is 0 Å². The molecule has 1 saturated heterocycles. The molecule has 0 aromatic rings. The summed E-state index contributed by atoms with van der Waals surface area (Å²) in [5.74, 6) is 0. The number of nitrogens with two attached hydrogens (primary N) is 1. The molecule has 1 fully saturated rings. The van der Waals surface area contributed by atoms with Gasteiger partial charge in [-0.3, -0.25) is 4.90 Å². The Morgan fingerprint density at radius 1 is 1.57 bits per heavy atom. The van der Waals surface area contributed by atoms with E-state index in [-0.39, 0.29) is 6.10 Å². The lowest BCUT2D eigenvalue weighted by Crippen LogP contribution is -2.53. The smallest absolute Gasteiger partial charge is 0.0824 e. The first kappa shape index (κ1) is 12.0. The predicted octanol–water partition coefficient (Wildman–Crippen LogP) is 1.22. The molecule has 1 rings (SSSR count). The highest BCUT2D eigenvalue weighted by Crippen LogP contribution is 2.17. The van der Waals surface area contributed by atoms with Crippen LogP contribution in [0.3, 0.4) is 0 Å². The monoisotopic (exact) mass is 200 g/mol. The second-order valence-electron chi connectivity index (χ2n) is 4.37. The Balaban J connectivity index is 2.46. The van der Waals surface area contributed by atoms with E-state index >= 15 is 0 Å². The van der Waals surface area contributed by atoms with Crippen LogP contribution in [-0.4, -0.2) is 42.8 Å². The van der Waals surface area contributed by atoms with E-state index < -0.39 is 0 Å². The summed E-state index contributed by atoms with van der Waals surface area (Å²) in [7, 11) is 0. The van der Waals surface area contributed by atoms with Gasteiger partial charge in [-0.2, -0.15) is 0 Å². The molecule has 3 nitrogen and oxygen atoms in total. The molecule has 1 heterocycles. The fourth-order valence-electron chi connectivity index (χ4n) is 2.18. The summed E-state index contributed by atoms with van der Waals surface area (Å²) in [5.41, 5.74) is 5.63. The van der Waals surface area contributed by atoms with E-state index in [1.165, 1.54) is 12.8 Å². The van der Waals surface area contributed by atoms with Gasteiger partial charge in [0.15, 0.2) is 0 Å². The highest BCUT2D eigenvalue weighted by Gasteiger charge is 2.27. The van der Waals surface area contributed by atoms with Crippen molar-refractivity contribution in [2.24, 2.45) is 5.73 Å². The first-order chi connectivity index (χ1) is 6.69. The molecule has 0 bridgehead atoms. The van der Waals surface area contributed by atoms with Crippen molar-refractivity contribution in [1.82, 2.24) is 4.90 Å². The maximum absolute atomic E-state index is 5.63.